The van der Waals surface area contributed by atoms with E-state index in [1.807, 2.05) is 37.3 Å². The van der Waals surface area contributed by atoms with Crippen LogP contribution in [0, 0.1) is 18.8 Å². The zero-order valence-corrected chi connectivity index (χ0v) is 42.4. The Hall–Kier alpha value is -4.27. The summed E-state index contributed by atoms with van der Waals surface area (Å²) in [4.78, 5) is 54.4. The van der Waals surface area contributed by atoms with Crippen LogP contribution in [0.5, 0.6) is 5.75 Å². The number of hydrogen-bond donors (Lipinski definition) is 0. The van der Waals surface area contributed by atoms with Gasteiger partial charge in [-0.25, -0.2) is 0 Å². The third kappa shape index (κ3) is 27.1. The number of esters is 2. The Morgan fingerprint density at radius 3 is 1.71 bits per heavy atom. The first kappa shape index (κ1) is 59.9. The van der Waals surface area contributed by atoms with Crippen molar-refractivity contribution in [3.63, 3.8) is 0 Å². The lowest BCUT2D eigenvalue weighted by Crippen LogP contribution is -2.15. The van der Waals surface area contributed by atoms with Crippen molar-refractivity contribution in [3.05, 3.63) is 83.2 Å². The zero-order valence-electron chi connectivity index (χ0n) is 42.4. The normalized spacial score (nSPS) is 13.8. The molecule has 0 spiro atoms. The number of Topliss-reactive ketones (excluding diaryl/α,β-unsaturated/α-hetero) is 2. The molecule has 3 rings (SSSR count). The van der Waals surface area contributed by atoms with Crippen molar-refractivity contribution in [1.82, 2.24) is 4.98 Å². The zero-order chi connectivity index (χ0) is 49.5. The summed E-state index contributed by atoms with van der Waals surface area (Å²) in [5.41, 5.74) is 1.84. The Morgan fingerprint density at radius 1 is 0.559 bits per heavy atom. The second-order valence-corrected chi connectivity index (χ2v) is 17.1. The van der Waals surface area contributed by atoms with Gasteiger partial charge in [0, 0.05) is 69.8 Å². The van der Waals surface area contributed by atoms with Gasteiger partial charge in [0.1, 0.15) is 24.9 Å². The van der Waals surface area contributed by atoms with E-state index in [1.165, 1.54) is 44.9 Å². The lowest BCUT2D eigenvalue weighted by atomic mass is 9.99. The summed E-state index contributed by atoms with van der Waals surface area (Å²) < 4.78 is 43.5. The van der Waals surface area contributed by atoms with Crippen LogP contribution in [0.25, 0.3) is 0 Å². The summed E-state index contributed by atoms with van der Waals surface area (Å²) in [5.74, 6) is -0.138. The summed E-state index contributed by atoms with van der Waals surface area (Å²) in [5, 5.41) is 0. The predicted molar refractivity (Wildman–Crippen MR) is 266 cm³/mol. The molecule has 0 fully saturated rings. The van der Waals surface area contributed by atoms with E-state index in [-0.39, 0.29) is 36.5 Å². The molecule has 13 heteroatoms. The SMILES string of the molecule is CCCCC(CC)COCCCOCCOC(=O)CCCCOC.CCCCC(CC)COCCOCCOC(=O)CCCCOc1ccc2c(c1)C(=O)C(c1cccccccc(C)n1)C2=O. The van der Waals surface area contributed by atoms with Gasteiger partial charge in [-0.3, -0.25) is 24.2 Å². The standard InChI is InChI=1S/C36H47NO7.C19H38O5/c1-4-6-15-28(5-2)26-42-22-21-41-23-24-44-33(38)17-12-13-20-43-29-18-19-30-31(25-29)36(40)34(35(30)39)32-16-11-9-7-8-10-14-27(3)37-32;1-4-6-10-18(5-2)17-23-14-9-13-22-15-16-24-19(20)11-7-8-12-21-3/h7-11,14,16,18-19,25,28,34H,4-6,12-13,15,17,20-24,26H2,1-3H3;18H,4-17H2,1-3H3. The summed E-state index contributed by atoms with van der Waals surface area (Å²) in [6, 6.07) is 17.7. The Labute approximate surface area is 408 Å². The minimum Gasteiger partial charge on any atom is -0.494 e. The van der Waals surface area contributed by atoms with Crippen molar-refractivity contribution in [1.29, 1.82) is 0 Å². The van der Waals surface area contributed by atoms with Gasteiger partial charge in [0.2, 0.25) is 0 Å². The average Bonchev–Trinajstić information content (AvgIpc) is 3.59. The van der Waals surface area contributed by atoms with Crippen LogP contribution >= 0.6 is 0 Å². The van der Waals surface area contributed by atoms with Gasteiger partial charge in [-0.1, -0.05) is 96.6 Å². The highest BCUT2D eigenvalue weighted by Crippen LogP contribution is 2.35. The number of carbonyl (C=O) groups excluding carboxylic acids is 4. The maximum absolute atomic E-state index is 13.3. The quantitative estimate of drug-likeness (QED) is 0.0359. The first-order chi connectivity index (χ1) is 33.2. The van der Waals surface area contributed by atoms with Crippen molar-refractivity contribution < 1.29 is 57.1 Å². The number of rotatable bonds is 37. The number of unbranched alkanes of at least 4 members (excludes halogenated alkanes) is 4. The largest absolute Gasteiger partial charge is 0.494 e. The van der Waals surface area contributed by atoms with E-state index in [0.29, 0.717) is 112 Å². The van der Waals surface area contributed by atoms with Gasteiger partial charge < -0.3 is 37.9 Å². The van der Waals surface area contributed by atoms with Crippen LogP contribution < -0.4 is 4.74 Å². The van der Waals surface area contributed by atoms with Gasteiger partial charge >= 0.3 is 11.9 Å². The monoisotopic (exact) mass is 952 g/mol. The van der Waals surface area contributed by atoms with E-state index in [2.05, 4.69) is 32.7 Å². The predicted octanol–water partition coefficient (Wildman–Crippen LogP) is 11.0. The molecule has 68 heavy (non-hydrogen) atoms. The summed E-state index contributed by atoms with van der Waals surface area (Å²) >= 11 is 0. The lowest BCUT2D eigenvalue weighted by Gasteiger charge is -2.14. The van der Waals surface area contributed by atoms with Gasteiger partial charge in [-0.2, -0.15) is 0 Å². The number of carbonyl (C=O) groups is 4. The minimum atomic E-state index is -0.977. The van der Waals surface area contributed by atoms with Crippen molar-refractivity contribution in [3.8, 4) is 5.75 Å². The van der Waals surface area contributed by atoms with E-state index in [0.717, 1.165) is 45.5 Å². The highest BCUT2D eigenvalue weighted by molar-refractivity contribution is 6.29. The van der Waals surface area contributed by atoms with Crippen LogP contribution in [0.3, 0.4) is 0 Å². The van der Waals surface area contributed by atoms with Gasteiger partial charge in [0.05, 0.1) is 38.7 Å². The Kier molecular flexibility index (Phi) is 34.8. The molecule has 1 aromatic carbocycles. The van der Waals surface area contributed by atoms with Gasteiger partial charge in [0.25, 0.3) is 0 Å². The molecular formula is C55H85NO12. The smallest absolute Gasteiger partial charge is 0.305 e. The molecule has 0 N–H and O–H groups in total. The van der Waals surface area contributed by atoms with Crippen LogP contribution in [0.4, 0.5) is 0 Å². The fraction of sp³-hybridized carbons (Fsp3) is 0.655. The number of aromatic nitrogens is 1. The van der Waals surface area contributed by atoms with E-state index in [4.69, 9.17) is 37.9 Å². The minimum absolute atomic E-state index is 0.157. The topological polar surface area (TPSA) is 155 Å². The van der Waals surface area contributed by atoms with E-state index in [1.54, 1.807) is 37.4 Å². The first-order valence-corrected chi connectivity index (χ1v) is 25.4. The molecule has 1 aliphatic rings. The summed E-state index contributed by atoms with van der Waals surface area (Å²) in [6.45, 7) is 17.2. The molecule has 0 saturated carbocycles. The lowest BCUT2D eigenvalue weighted by molar-refractivity contribution is -0.146. The van der Waals surface area contributed by atoms with Gasteiger partial charge in [-0.15, -0.1) is 0 Å². The van der Waals surface area contributed by atoms with Crippen molar-refractivity contribution in [2.45, 2.75) is 137 Å². The van der Waals surface area contributed by atoms with Gasteiger partial charge in [0.15, 0.2) is 11.6 Å². The summed E-state index contributed by atoms with van der Waals surface area (Å²) in [6.07, 6.45) is 14.3. The van der Waals surface area contributed by atoms with Crippen molar-refractivity contribution in [2.24, 2.45) is 11.8 Å². The highest BCUT2D eigenvalue weighted by Gasteiger charge is 2.40. The van der Waals surface area contributed by atoms with E-state index >= 15 is 0 Å². The van der Waals surface area contributed by atoms with Crippen molar-refractivity contribution in [2.75, 3.05) is 86.4 Å². The van der Waals surface area contributed by atoms with Crippen LogP contribution in [-0.4, -0.2) is 115 Å². The molecule has 382 valence electrons. The fourth-order valence-electron chi connectivity index (χ4n) is 7.24. The molecule has 1 aliphatic carbocycles. The molecule has 1 aromatic heterocycles. The van der Waals surface area contributed by atoms with Crippen molar-refractivity contribution >= 4 is 23.5 Å². The van der Waals surface area contributed by atoms with Crippen LogP contribution in [0.2, 0.25) is 0 Å². The second-order valence-electron chi connectivity index (χ2n) is 17.1. The fourth-order valence-corrected chi connectivity index (χ4v) is 7.24. The molecule has 1 heterocycles. The van der Waals surface area contributed by atoms with Crippen LogP contribution in [0.15, 0.2) is 60.7 Å². The third-order valence-electron chi connectivity index (χ3n) is 11.4. The molecule has 0 radical (unpaired) electrons. The number of aryl methyl sites for hydroxylation is 1. The number of benzene rings is 1. The molecule has 0 aliphatic heterocycles. The van der Waals surface area contributed by atoms with E-state index in [9.17, 15) is 19.2 Å². The molecule has 0 amide bonds. The second kappa shape index (κ2) is 39.6. The number of nitrogens with zero attached hydrogens (tertiary/aromatic N) is 1. The Balaban J connectivity index is 0.000000561. The third-order valence-corrected chi connectivity index (χ3v) is 11.4. The first-order valence-electron chi connectivity index (χ1n) is 25.4. The average molecular weight is 952 g/mol. The summed E-state index contributed by atoms with van der Waals surface area (Å²) in [7, 11) is 1.66. The maximum atomic E-state index is 13.3. The molecule has 2 aromatic rings. The van der Waals surface area contributed by atoms with Crippen LogP contribution in [-0.2, 0) is 42.7 Å². The number of methoxy groups -OCH3 is 1. The molecular weight excluding hydrogens is 867 g/mol. The van der Waals surface area contributed by atoms with Gasteiger partial charge in [-0.05, 0) is 94.0 Å². The number of ketones is 2. The molecule has 3 unspecified atom stereocenters. The highest BCUT2D eigenvalue weighted by atomic mass is 16.6. The number of fused-ring (bicyclic) bond motifs is 1. The Morgan fingerprint density at radius 2 is 1.09 bits per heavy atom. The van der Waals surface area contributed by atoms with Crippen LogP contribution in [0.1, 0.15) is 162 Å². The molecule has 3 atom stereocenters. The number of ether oxygens (including phenoxy) is 8. The molecule has 0 saturated heterocycles. The molecule has 13 nitrogen and oxygen atoms in total. The Bertz CT molecular complexity index is 1740. The molecule has 0 bridgehead atoms. The maximum Gasteiger partial charge on any atom is 0.305 e. The number of hydrogen-bond acceptors (Lipinski definition) is 13. The van der Waals surface area contributed by atoms with E-state index < -0.39 is 5.92 Å².